The molecule has 0 aliphatic carbocycles. The van der Waals surface area contributed by atoms with E-state index in [4.69, 9.17) is 5.11 Å². The van der Waals surface area contributed by atoms with E-state index in [2.05, 4.69) is 10.2 Å². The van der Waals surface area contributed by atoms with E-state index in [0.717, 1.165) is 16.5 Å². The van der Waals surface area contributed by atoms with Crippen molar-refractivity contribution in [1.82, 2.24) is 10.2 Å². The number of carboxylic acids is 1. The predicted molar refractivity (Wildman–Crippen MR) is 62.8 cm³/mol. The van der Waals surface area contributed by atoms with Crippen LogP contribution in [-0.2, 0) is 10.2 Å². The van der Waals surface area contributed by atoms with Crippen LogP contribution in [0.4, 0.5) is 0 Å². The number of benzene rings is 1. The van der Waals surface area contributed by atoms with Gasteiger partial charge in [0.2, 0.25) is 0 Å². The maximum atomic E-state index is 10.9. The molecule has 1 aromatic carbocycles. The smallest absolute Gasteiger partial charge is 0.333 e. The van der Waals surface area contributed by atoms with Gasteiger partial charge in [-0.2, -0.15) is 5.10 Å². The van der Waals surface area contributed by atoms with Crippen molar-refractivity contribution < 1.29 is 15.0 Å². The minimum Gasteiger partial charge on any atom is -0.479 e. The summed E-state index contributed by atoms with van der Waals surface area (Å²) in [5, 5.41) is 26.4. The molecule has 1 atom stereocenters. The largest absolute Gasteiger partial charge is 0.479 e. The van der Waals surface area contributed by atoms with Crippen molar-refractivity contribution in [2.75, 3.05) is 0 Å². The zero-order chi connectivity index (χ0) is 12.6. The number of carboxylic acid groups (broad SMARTS) is 1. The molecule has 0 aliphatic heterocycles. The average Bonchev–Trinajstić information content (AvgIpc) is 2.75. The Kier molecular flexibility index (Phi) is 2.63. The lowest BCUT2D eigenvalue weighted by Gasteiger charge is -2.28. The highest BCUT2D eigenvalue weighted by atomic mass is 16.4. The van der Waals surface area contributed by atoms with Gasteiger partial charge in [0.1, 0.15) is 0 Å². The first-order valence-electron chi connectivity index (χ1n) is 5.28. The zero-order valence-electron chi connectivity index (χ0n) is 9.64. The van der Waals surface area contributed by atoms with Crippen LogP contribution in [0.5, 0.6) is 0 Å². The number of hydrogen-bond acceptors (Lipinski definition) is 3. The van der Waals surface area contributed by atoms with Crippen molar-refractivity contribution in [3.63, 3.8) is 0 Å². The second-order valence-electron chi connectivity index (χ2n) is 4.60. The van der Waals surface area contributed by atoms with Gasteiger partial charge in [0.05, 0.1) is 11.7 Å². The summed E-state index contributed by atoms with van der Waals surface area (Å²) in [5.74, 6) is -1.23. The van der Waals surface area contributed by atoms with E-state index in [1.54, 1.807) is 26.1 Å². The Morgan fingerprint density at radius 3 is 2.82 bits per heavy atom. The number of hydrogen-bond donors (Lipinski definition) is 3. The predicted octanol–water partition coefficient (Wildman–Crippen LogP) is 1.29. The first-order valence-corrected chi connectivity index (χ1v) is 5.28. The summed E-state index contributed by atoms with van der Waals surface area (Å²) >= 11 is 0. The van der Waals surface area contributed by atoms with Gasteiger partial charge in [0, 0.05) is 10.8 Å². The number of fused-ring (bicyclic) bond motifs is 1. The first-order chi connectivity index (χ1) is 7.94. The zero-order valence-corrected chi connectivity index (χ0v) is 9.64. The lowest BCUT2D eigenvalue weighted by molar-refractivity contribution is -0.150. The number of aromatic nitrogens is 2. The SMILES string of the molecule is CC(C)(c1cccc2cn[nH]c12)C(O)C(=O)O. The molecule has 5 nitrogen and oxygen atoms in total. The summed E-state index contributed by atoms with van der Waals surface area (Å²) in [6.45, 7) is 3.39. The molecule has 17 heavy (non-hydrogen) atoms. The summed E-state index contributed by atoms with van der Waals surface area (Å²) in [6, 6.07) is 5.50. The molecule has 0 fully saturated rings. The second kappa shape index (κ2) is 3.85. The van der Waals surface area contributed by atoms with Gasteiger partial charge < -0.3 is 10.2 Å². The third kappa shape index (κ3) is 1.78. The lowest BCUT2D eigenvalue weighted by Crippen LogP contribution is -2.40. The van der Waals surface area contributed by atoms with E-state index >= 15 is 0 Å². The lowest BCUT2D eigenvalue weighted by atomic mass is 9.78. The molecule has 0 saturated carbocycles. The number of H-pyrrole nitrogens is 1. The van der Waals surface area contributed by atoms with Crippen molar-refractivity contribution >= 4 is 16.9 Å². The number of para-hydroxylation sites is 1. The van der Waals surface area contributed by atoms with Crippen molar-refractivity contribution in [2.24, 2.45) is 0 Å². The normalized spacial score (nSPS) is 13.8. The highest BCUT2D eigenvalue weighted by Crippen LogP contribution is 2.32. The fraction of sp³-hybridized carbons (Fsp3) is 0.333. The molecule has 0 saturated heterocycles. The second-order valence-corrected chi connectivity index (χ2v) is 4.60. The third-order valence-corrected chi connectivity index (χ3v) is 3.09. The van der Waals surface area contributed by atoms with Crippen LogP contribution in [0.2, 0.25) is 0 Å². The Morgan fingerprint density at radius 1 is 1.47 bits per heavy atom. The Hall–Kier alpha value is -1.88. The van der Waals surface area contributed by atoms with Gasteiger partial charge in [0.15, 0.2) is 6.10 Å². The summed E-state index contributed by atoms with van der Waals surface area (Å²) in [7, 11) is 0. The minimum atomic E-state index is -1.46. The maximum absolute atomic E-state index is 10.9. The van der Waals surface area contributed by atoms with Gasteiger partial charge in [-0.05, 0) is 5.56 Å². The first kappa shape index (κ1) is 11.6. The number of aliphatic hydroxyl groups excluding tert-OH is 1. The van der Waals surface area contributed by atoms with Crippen LogP contribution in [0.3, 0.4) is 0 Å². The van der Waals surface area contributed by atoms with Gasteiger partial charge in [-0.3, -0.25) is 5.10 Å². The van der Waals surface area contributed by atoms with E-state index < -0.39 is 17.5 Å². The monoisotopic (exact) mass is 234 g/mol. The minimum absolute atomic E-state index is 0.738. The Morgan fingerprint density at radius 2 is 2.18 bits per heavy atom. The van der Waals surface area contributed by atoms with Crippen LogP contribution in [0, 0.1) is 0 Å². The standard InChI is InChI=1S/C12H14N2O3/c1-12(2,10(15)11(16)17)8-5-3-4-7-6-13-14-9(7)8/h3-6,10,15H,1-2H3,(H,13,14)(H,16,17). The Bertz CT molecular complexity index is 560. The van der Waals surface area contributed by atoms with Crippen molar-refractivity contribution in [3.05, 3.63) is 30.0 Å². The molecular formula is C12H14N2O3. The molecule has 1 aromatic heterocycles. The molecular weight excluding hydrogens is 220 g/mol. The fourth-order valence-corrected chi connectivity index (χ4v) is 1.96. The molecule has 0 bridgehead atoms. The number of rotatable bonds is 3. The van der Waals surface area contributed by atoms with E-state index in [0.29, 0.717) is 0 Å². The third-order valence-electron chi connectivity index (χ3n) is 3.09. The quantitative estimate of drug-likeness (QED) is 0.746. The van der Waals surface area contributed by atoms with Gasteiger partial charge in [-0.15, -0.1) is 0 Å². The topological polar surface area (TPSA) is 86.2 Å². The van der Waals surface area contributed by atoms with Gasteiger partial charge >= 0.3 is 5.97 Å². The van der Waals surface area contributed by atoms with E-state index in [1.165, 1.54) is 0 Å². The van der Waals surface area contributed by atoms with Crippen molar-refractivity contribution in [2.45, 2.75) is 25.4 Å². The van der Waals surface area contributed by atoms with E-state index in [-0.39, 0.29) is 0 Å². The summed E-state index contributed by atoms with van der Waals surface area (Å²) in [4.78, 5) is 10.9. The molecule has 0 radical (unpaired) electrons. The molecule has 2 aromatic rings. The number of aliphatic hydroxyl groups is 1. The summed E-state index contributed by atoms with van der Waals surface area (Å²) in [6.07, 6.45) is 0.207. The molecule has 0 aliphatic rings. The number of aromatic amines is 1. The number of nitrogens with zero attached hydrogens (tertiary/aromatic N) is 1. The van der Waals surface area contributed by atoms with Crippen LogP contribution in [0.1, 0.15) is 19.4 Å². The maximum Gasteiger partial charge on any atom is 0.333 e. The van der Waals surface area contributed by atoms with Crippen LogP contribution < -0.4 is 0 Å². The van der Waals surface area contributed by atoms with Crippen LogP contribution >= 0.6 is 0 Å². The van der Waals surface area contributed by atoms with Crippen molar-refractivity contribution in [3.8, 4) is 0 Å². The number of aliphatic carboxylic acids is 1. The molecule has 1 unspecified atom stereocenters. The molecule has 2 rings (SSSR count). The van der Waals surface area contributed by atoms with Gasteiger partial charge in [-0.25, -0.2) is 4.79 Å². The van der Waals surface area contributed by atoms with E-state index in [1.807, 2.05) is 12.1 Å². The van der Waals surface area contributed by atoms with Gasteiger partial charge in [-0.1, -0.05) is 32.0 Å². The summed E-state index contributed by atoms with van der Waals surface area (Å²) in [5.41, 5.74) is 0.609. The van der Waals surface area contributed by atoms with Crippen molar-refractivity contribution in [1.29, 1.82) is 0 Å². The highest BCUT2D eigenvalue weighted by molar-refractivity contribution is 5.84. The molecule has 90 valence electrons. The average molecular weight is 234 g/mol. The van der Waals surface area contributed by atoms with E-state index in [9.17, 15) is 9.90 Å². The summed E-state index contributed by atoms with van der Waals surface area (Å²) < 4.78 is 0. The van der Waals surface area contributed by atoms with Gasteiger partial charge in [0.25, 0.3) is 0 Å². The molecule has 0 spiro atoms. The number of carbonyl (C=O) groups is 1. The Balaban J connectivity index is 2.59. The van der Waals surface area contributed by atoms with Crippen LogP contribution in [0.15, 0.2) is 24.4 Å². The van der Waals surface area contributed by atoms with Crippen LogP contribution in [0.25, 0.3) is 10.9 Å². The molecule has 5 heteroatoms. The molecule has 3 N–H and O–H groups in total. The number of nitrogens with one attached hydrogen (secondary N) is 1. The Labute approximate surface area is 98.1 Å². The fourth-order valence-electron chi connectivity index (χ4n) is 1.96. The molecule has 1 heterocycles. The highest BCUT2D eigenvalue weighted by Gasteiger charge is 2.36. The molecule has 0 amide bonds. The van der Waals surface area contributed by atoms with Crippen LogP contribution in [-0.4, -0.2) is 32.5 Å².